The summed E-state index contributed by atoms with van der Waals surface area (Å²) >= 11 is 5.89. The number of rotatable bonds is 3. The number of aromatic nitrogens is 1. The third-order valence-corrected chi connectivity index (χ3v) is 3.05. The van der Waals surface area contributed by atoms with E-state index in [2.05, 4.69) is 4.98 Å². The summed E-state index contributed by atoms with van der Waals surface area (Å²) in [5.41, 5.74) is 2.29. The second-order valence-electron chi connectivity index (χ2n) is 4.03. The Morgan fingerprint density at radius 3 is 2.47 bits per heavy atom. The van der Waals surface area contributed by atoms with Crippen LogP contribution in [0.4, 0.5) is 0 Å². The number of nitrogens with zero attached hydrogens (tertiary/aromatic N) is 1. The molecule has 0 aliphatic heterocycles. The van der Waals surface area contributed by atoms with Crippen molar-refractivity contribution in [2.75, 3.05) is 7.11 Å². The second kappa shape index (κ2) is 5.28. The van der Waals surface area contributed by atoms with Crippen LogP contribution in [0.2, 0.25) is 5.15 Å². The van der Waals surface area contributed by atoms with E-state index in [1.165, 1.54) is 6.07 Å². The second-order valence-corrected chi connectivity index (χ2v) is 4.38. The minimum absolute atomic E-state index is 0.0103. The zero-order valence-corrected chi connectivity index (χ0v) is 11.2. The smallest absolute Gasteiger partial charge is 0.338 e. The minimum Gasteiger partial charge on any atom is -0.497 e. The Kier molecular flexibility index (Phi) is 3.71. The van der Waals surface area contributed by atoms with E-state index in [9.17, 15) is 4.79 Å². The molecule has 0 radical (unpaired) electrons. The Morgan fingerprint density at radius 2 is 1.95 bits per heavy atom. The van der Waals surface area contributed by atoms with E-state index in [0.717, 1.165) is 16.9 Å². The summed E-state index contributed by atoms with van der Waals surface area (Å²) in [6.45, 7) is 1.80. The van der Waals surface area contributed by atoms with E-state index in [4.69, 9.17) is 21.4 Å². The van der Waals surface area contributed by atoms with Gasteiger partial charge in [-0.2, -0.15) is 0 Å². The van der Waals surface area contributed by atoms with Gasteiger partial charge in [0.25, 0.3) is 0 Å². The molecule has 0 atom stereocenters. The van der Waals surface area contributed by atoms with E-state index in [0.29, 0.717) is 5.69 Å². The van der Waals surface area contributed by atoms with Crippen molar-refractivity contribution < 1.29 is 14.6 Å². The molecule has 5 heteroatoms. The van der Waals surface area contributed by atoms with Gasteiger partial charge in [-0.3, -0.25) is 0 Å². The van der Waals surface area contributed by atoms with Gasteiger partial charge >= 0.3 is 5.97 Å². The number of pyridine rings is 1. The van der Waals surface area contributed by atoms with Crippen LogP contribution >= 0.6 is 11.6 Å². The van der Waals surface area contributed by atoms with Crippen molar-refractivity contribution in [3.05, 3.63) is 46.6 Å². The maximum atomic E-state index is 11.0. The number of aromatic carboxylic acids is 1. The molecule has 1 heterocycles. The van der Waals surface area contributed by atoms with Gasteiger partial charge in [0.05, 0.1) is 18.4 Å². The molecular formula is C14H12ClNO3. The summed E-state index contributed by atoms with van der Waals surface area (Å²) in [7, 11) is 1.59. The first-order valence-corrected chi connectivity index (χ1v) is 5.95. The molecule has 0 fully saturated rings. The third kappa shape index (κ3) is 2.69. The first kappa shape index (κ1) is 13.4. The van der Waals surface area contributed by atoms with Gasteiger partial charge in [0.1, 0.15) is 10.9 Å². The van der Waals surface area contributed by atoms with Crippen LogP contribution < -0.4 is 4.74 Å². The highest BCUT2D eigenvalue weighted by atomic mass is 35.5. The fourth-order valence-electron chi connectivity index (χ4n) is 1.78. The Balaban J connectivity index is 2.50. The van der Waals surface area contributed by atoms with Crippen LogP contribution in [0.5, 0.6) is 5.75 Å². The molecule has 0 spiro atoms. The molecular weight excluding hydrogens is 266 g/mol. The molecule has 0 aliphatic carbocycles. The number of hydrogen-bond donors (Lipinski definition) is 1. The molecule has 1 aromatic carbocycles. The highest BCUT2D eigenvalue weighted by molar-refractivity contribution is 6.32. The molecule has 1 N–H and O–H groups in total. The Bertz CT molecular complexity index is 623. The van der Waals surface area contributed by atoms with Crippen LogP contribution in [0.25, 0.3) is 11.3 Å². The minimum atomic E-state index is -1.08. The lowest BCUT2D eigenvalue weighted by atomic mass is 10.1. The number of ether oxygens (including phenoxy) is 1. The number of benzene rings is 1. The fraction of sp³-hybridized carbons (Fsp3) is 0.143. The Hall–Kier alpha value is -2.07. The average Bonchev–Trinajstić information content (AvgIpc) is 2.41. The van der Waals surface area contributed by atoms with Gasteiger partial charge in [0.2, 0.25) is 0 Å². The fourth-order valence-corrected chi connectivity index (χ4v) is 2.00. The van der Waals surface area contributed by atoms with Crippen molar-refractivity contribution in [3.63, 3.8) is 0 Å². The first-order chi connectivity index (χ1) is 9.02. The normalized spacial score (nSPS) is 10.3. The quantitative estimate of drug-likeness (QED) is 0.874. The van der Waals surface area contributed by atoms with Crippen molar-refractivity contribution in [1.29, 1.82) is 0 Å². The summed E-state index contributed by atoms with van der Waals surface area (Å²) in [5, 5.41) is 8.97. The van der Waals surface area contributed by atoms with Gasteiger partial charge in [-0.05, 0) is 42.8 Å². The lowest BCUT2D eigenvalue weighted by Crippen LogP contribution is -2.01. The van der Waals surface area contributed by atoms with E-state index >= 15 is 0 Å². The Morgan fingerprint density at radius 1 is 1.32 bits per heavy atom. The summed E-state index contributed by atoms with van der Waals surface area (Å²) in [6.07, 6.45) is 0. The monoisotopic (exact) mass is 277 g/mol. The van der Waals surface area contributed by atoms with E-state index in [1.54, 1.807) is 14.0 Å². The number of carbonyl (C=O) groups is 1. The van der Waals surface area contributed by atoms with Gasteiger partial charge < -0.3 is 9.84 Å². The predicted octanol–water partition coefficient (Wildman–Crippen LogP) is 3.42. The van der Waals surface area contributed by atoms with Crippen LogP contribution in [0.1, 0.15) is 15.9 Å². The largest absolute Gasteiger partial charge is 0.497 e. The summed E-state index contributed by atoms with van der Waals surface area (Å²) in [5.74, 6) is -0.337. The highest BCUT2D eigenvalue weighted by Gasteiger charge is 2.14. The lowest BCUT2D eigenvalue weighted by Gasteiger charge is -2.08. The zero-order valence-electron chi connectivity index (χ0n) is 10.5. The van der Waals surface area contributed by atoms with Gasteiger partial charge in [0, 0.05) is 5.56 Å². The first-order valence-electron chi connectivity index (χ1n) is 5.58. The topological polar surface area (TPSA) is 59.4 Å². The molecule has 0 aliphatic rings. The van der Waals surface area contributed by atoms with E-state index < -0.39 is 5.97 Å². The highest BCUT2D eigenvalue weighted by Crippen LogP contribution is 2.27. The van der Waals surface area contributed by atoms with Crippen LogP contribution in [-0.2, 0) is 0 Å². The third-order valence-electron chi connectivity index (χ3n) is 2.76. The number of methoxy groups -OCH3 is 1. The van der Waals surface area contributed by atoms with Gasteiger partial charge in [0.15, 0.2) is 0 Å². The zero-order chi connectivity index (χ0) is 14.0. The van der Waals surface area contributed by atoms with Gasteiger partial charge in [-0.1, -0.05) is 11.6 Å². The van der Waals surface area contributed by atoms with Crippen molar-refractivity contribution in [2.45, 2.75) is 6.92 Å². The number of carboxylic acid groups (broad SMARTS) is 1. The van der Waals surface area contributed by atoms with Crippen molar-refractivity contribution in [3.8, 4) is 17.0 Å². The Labute approximate surface area is 115 Å². The molecule has 1 aromatic heterocycles. The summed E-state index contributed by atoms with van der Waals surface area (Å²) in [6, 6.07) is 8.86. The average molecular weight is 278 g/mol. The molecule has 4 nitrogen and oxygen atoms in total. The van der Waals surface area contributed by atoms with Crippen LogP contribution in [0.3, 0.4) is 0 Å². The van der Waals surface area contributed by atoms with Gasteiger partial charge in [-0.15, -0.1) is 0 Å². The van der Waals surface area contributed by atoms with Gasteiger partial charge in [-0.25, -0.2) is 9.78 Å². The SMILES string of the molecule is COc1ccc(-c2nc(Cl)c(C(=O)O)cc2C)cc1. The van der Waals surface area contributed by atoms with Crippen molar-refractivity contribution in [1.82, 2.24) is 4.98 Å². The maximum Gasteiger partial charge on any atom is 0.338 e. The van der Waals surface area contributed by atoms with Crippen LogP contribution in [0.15, 0.2) is 30.3 Å². The molecule has 98 valence electrons. The molecule has 0 bridgehead atoms. The summed E-state index contributed by atoms with van der Waals surface area (Å²) in [4.78, 5) is 15.1. The van der Waals surface area contributed by atoms with E-state index in [1.807, 2.05) is 24.3 Å². The number of hydrogen-bond acceptors (Lipinski definition) is 3. The predicted molar refractivity (Wildman–Crippen MR) is 72.9 cm³/mol. The molecule has 0 unspecified atom stereocenters. The number of aryl methyl sites for hydroxylation is 1. The standard InChI is InChI=1S/C14H12ClNO3/c1-8-7-11(14(17)18)13(15)16-12(8)9-3-5-10(19-2)6-4-9/h3-7H,1-2H3,(H,17,18). The lowest BCUT2D eigenvalue weighted by molar-refractivity contribution is 0.0696. The molecule has 0 saturated carbocycles. The maximum absolute atomic E-state index is 11.0. The number of halogens is 1. The summed E-state index contributed by atoms with van der Waals surface area (Å²) < 4.78 is 5.09. The molecule has 0 amide bonds. The molecule has 2 aromatic rings. The molecule has 19 heavy (non-hydrogen) atoms. The number of carboxylic acids is 1. The van der Waals surface area contributed by atoms with Crippen LogP contribution in [0, 0.1) is 6.92 Å². The molecule has 0 saturated heterocycles. The van der Waals surface area contributed by atoms with Crippen LogP contribution in [-0.4, -0.2) is 23.2 Å². The molecule has 2 rings (SSSR count). The van der Waals surface area contributed by atoms with Crippen molar-refractivity contribution in [2.24, 2.45) is 0 Å². The van der Waals surface area contributed by atoms with Crippen molar-refractivity contribution >= 4 is 17.6 Å². The van der Waals surface area contributed by atoms with E-state index in [-0.39, 0.29) is 10.7 Å².